The minimum Gasteiger partial charge on any atom is -0.435 e. The molecule has 1 heterocycles. The highest BCUT2D eigenvalue weighted by Gasteiger charge is 2.18. The monoisotopic (exact) mass is 339 g/mol. The molecule has 1 saturated heterocycles. The zero-order valence-electron chi connectivity index (χ0n) is 13.1. The molecule has 130 valence electrons. The van der Waals surface area contributed by atoms with E-state index in [0.717, 1.165) is 19.3 Å². The van der Waals surface area contributed by atoms with E-state index in [9.17, 15) is 18.4 Å². The van der Waals surface area contributed by atoms with Gasteiger partial charge in [-0.2, -0.15) is 13.9 Å². The van der Waals surface area contributed by atoms with Gasteiger partial charge in [-0.15, -0.1) is 0 Å². The molecular weight excluding hydrogens is 320 g/mol. The molecule has 1 aromatic rings. The Bertz CT molecular complexity index is 591. The number of halogens is 2. The average molecular weight is 339 g/mol. The number of alkyl halides is 2. The van der Waals surface area contributed by atoms with Crippen LogP contribution in [0, 0.1) is 0 Å². The van der Waals surface area contributed by atoms with Gasteiger partial charge in [0.25, 0.3) is 5.91 Å². The van der Waals surface area contributed by atoms with Crippen molar-refractivity contribution < 1.29 is 23.1 Å². The highest BCUT2D eigenvalue weighted by Crippen LogP contribution is 2.14. The first-order valence-corrected chi connectivity index (χ1v) is 7.69. The Balaban J connectivity index is 1.80. The highest BCUT2D eigenvalue weighted by atomic mass is 19.3. The molecule has 0 radical (unpaired) electrons. The van der Waals surface area contributed by atoms with E-state index in [1.165, 1.54) is 35.4 Å². The first-order chi connectivity index (χ1) is 11.5. The molecule has 24 heavy (non-hydrogen) atoms. The molecule has 0 spiro atoms. The van der Waals surface area contributed by atoms with Crippen LogP contribution in [0.4, 0.5) is 8.78 Å². The van der Waals surface area contributed by atoms with Crippen LogP contribution in [0.1, 0.15) is 31.2 Å². The molecule has 1 aliphatic heterocycles. The van der Waals surface area contributed by atoms with Crippen LogP contribution in [0.2, 0.25) is 0 Å². The molecular formula is C16H19F2N3O3. The Morgan fingerprint density at radius 1 is 1.29 bits per heavy atom. The third-order valence-electron chi connectivity index (χ3n) is 3.51. The summed E-state index contributed by atoms with van der Waals surface area (Å²) in [5.41, 5.74) is 2.97. The maximum absolute atomic E-state index is 12.0. The molecule has 1 N–H and O–H groups in total. The molecule has 0 unspecified atom stereocenters. The minimum atomic E-state index is -2.87. The Hall–Kier alpha value is -2.51. The predicted octanol–water partition coefficient (Wildman–Crippen LogP) is 2.14. The fraction of sp³-hybridized carbons (Fsp3) is 0.438. The van der Waals surface area contributed by atoms with Crippen molar-refractivity contribution >= 4 is 18.0 Å². The number of amides is 2. The van der Waals surface area contributed by atoms with E-state index >= 15 is 0 Å². The molecule has 0 aliphatic carbocycles. The van der Waals surface area contributed by atoms with Crippen molar-refractivity contribution in [2.75, 3.05) is 13.1 Å². The molecule has 0 atom stereocenters. The first-order valence-electron chi connectivity index (χ1n) is 7.69. The van der Waals surface area contributed by atoms with Crippen LogP contribution >= 0.6 is 0 Å². The number of nitrogens with one attached hydrogen (secondary N) is 1. The Morgan fingerprint density at radius 3 is 2.75 bits per heavy atom. The summed E-state index contributed by atoms with van der Waals surface area (Å²) < 4.78 is 28.3. The minimum absolute atomic E-state index is 0.0127. The molecule has 2 amide bonds. The van der Waals surface area contributed by atoms with Gasteiger partial charge in [-0.25, -0.2) is 5.43 Å². The largest absolute Gasteiger partial charge is 0.435 e. The van der Waals surface area contributed by atoms with Crippen LogP contribution in [0.25, 0.3) is 0 Å². The van der Waals surface area contributed by atoms with Crippen molar-refractivity contribution in [3.8, 4) is 5.75 Å². The molecule has 2 rings (SSSR count). The molecule has 0 aromatic heterocycles. The topological polar surface area (TPSA) is 71.0 Å². The van der Waals surface area contributed by atoms with Crippen molar-refractivity contribution in [2.24, 2.45) is 5.10 Å². The molecule has 6 nitrogen and oxygen atoms in total. The standard InChI is InChI=1S/C16H19F2N3O3/c17-16(18)24-13-7-5-12(6-8-13)10-19-20-14(22)11-21-9-3-1-2-4-15(21)23/h5-8,10,16H,1-4,9,11H2,(H,20,22)/b19-10-. The average Bonchev–Trinajstić information content (AvgIpc) is 2.73. The number of hydrazone groups is 1. The number of carbonyl (C=O) groups excluding carboxylic acids is 2. The summed E-state index contributed by atoms with van der Waals surface area (Å²) in [5, 5.41) is 3.79. The second-order valence-corrected chi connectivity index (χ2v) is 5.37. The predicted molar refractivity (Wildman–Crippen MR) is 83.9 cm³/mol. The molecule has 0 saturated carbocycles. The molecule has 1 aliphatic rings. The smallest absolute Gasteiger partial charge is 0.387 e. The van der Waals surface area contributed by atoms with E-state index < -0.39 is 6.61 Å². The lowest BCUT2D eigenvalue weighted by atomic mass is 10.2. The first kappa shape index (κ1) is 17.8. The summed E-state index contributed by atoms with van der Waals surface area (Å²) >= 11 is 0. The van der Waals surface area contributed by atoms with Crippen LogP contribution in [0.3, 0.4) is 0 Å². The second kappa shape index (κ2) is 8.95. The number of carbonyl (C=O) groups is 2. The van der Waals surface area contributed by atoms with Crippen LogP contribution in [-0.4, -0.2) is 42.6 Å². The second-order valence-electron chi connectivity index (χ2n) is 5.37. The van der Waals surface area contributed by atoms with Crippen molar-refractivity contribution in [3.05, 3.63) is 29.8 Å². The number of rotatable bonds is 6. The van der Waals surface area contributed by atoms with Gasteiger partial charge in [-0.3, -0.25) is 9.59 Å². The maximum atomic E-state index is 12.0. The van der Waals surface area contributed by atoms with Crippen molar-refractivity contribution in [3.63, 3.8) is 0 Å². The van der Waals surface area contributed by atoms with Gasteiger partial charge in [-0.05, 0) is 42.7 Å². The molecule has 1 fully saturated rings. The number of nitrogens with zero attached hydrogens (tertiary/aromatic N) is 2. The van der Waals surface area contributed by atoms with Gasteiger partial charge in [0.15, 0.2) is 0 Å². The van der Waals surface area contributed by atoms with Crippen LogP contribution in [0.5, 0.6) is 5.75 Å². The quantitative estimate of drug-likeness (QED) is 0.638. The third kappa shape index (κ3) is 5.94. The van der Waals surface area contributed by atoms with E-state index in [1.807, 2.05) is 0 Å². The lowest BCUT2D eigenvalue weighted by Crippen LogP contribution is -2.39. The van der Waals surface area contributed by atoms with Crippen LogP contribution in [0.15, 0.2) is 29.4 Å². The zero-order valence-corrected chi connectivity index (χ0v) is 13.1. The van der Waals surface area contributed by atoms with Crippen molar-refractivity contribution in [1.82, 2.24) is 10.3 Å². The Kier molecular flexibility index (Phi) is 6.65. The van der Waals surface area contributed by atoms with Gasteiger partial charge in [-0.1, -0.05) is 6.42 Å². The number of benzene rings is 1. The fourth-order valence-electron chi connectivity index (χ4n) is 2.33. The number of likely N-dealkylation sites (tertiary alicyclic amines) is 1. The van der Waals surface area contributed by atoms with E-state index in [4.69, 9.17) is 0 Å². The zero-order chi connectivity index (χ0) is 17.4. The van der Waals surface area contributed by atoms with Crippen molar-refractivity contribution in [2.45, 2.75) is 32.3 Å². The lowest BCUT2D eigenvalue weighted by Gasteiger charge is -2.18. The van der Waals surface area contributed by atoms with Gasteiger partial charge in [0.1, 0.15) is 12.3 Å². The van der Waals surface area contributed by atoms with Crippen LogP contribution < -0.4 is 10.2 Å². The summed E-state index contributed by atoms with van der Waals surface area (Å²) in [4.78, 5) is 25.1. The maximum Gasteiger partial charge on any atom is 0.387 e. The van der Waals surface area contributed by atoms with E-state index in [2.05, 4.69) is 15.3 Å². The van der Waals surface area contributed by atoms with Gasteiger partial charge < -0.3 is 9.64 Å². The molecule has 1 aromatic carbocycles. The normalized spacial score (nSPS) is 15.6. The van der Waals surface area contributed by atoms with Gasteiger partial charge in [0.2, 0.25) is 5.91 Å². The summed E-state index contributed by atoms with van der Waals surface area (Å²) in [5.74, 6) is -0.341. The molecule has 0 bridgehead atoms. The van der Waals surface area contributed by atoms with Crippen LogP contribution in [-0.2, 0) is 9.59 Å². The van der Waals surface area contributed by atoms with Gasteiger partial charge in [0.05, 0.1) is 6.21 Å². The number of hydrogen-bond donors (Lipinski definition) is 1. The van der Waals surface area contributed by atoms with E-state index in [0.29, 0.717) is 18.5 Å². The van der Waals surface area contributed by atoms with Gasteiger partial charge in [0, 0.05) is 13.0 Å². The SMILES string of the molecule is O=C(CN1CCCCCC1=O)N/N=C\c1ccc(OC(F)F)cc1. The van der Waals surface area contributed by atoms with E-state index in [1.54, 1.807) is 0 Å². The Morgan fingerprint density at radius 2 is 2.04 bits per heavy atom. The Labute approximate surface area is 138 Å². The number of ether oxygens (including phenoxy) is 1. The third-order valence-corrected chi connectivity index (χ3v) is 3.51. The summed E-state index contributed by atoms with van der Waals surface area (Å²) in [6.07, 6.45) is 4.61. The van der Waals surface area contributed by atoms with Gasteiger partial charge >= 0.3 is 6.61 Å². The summed E-state index contributed by atoms with van der Waals surface area (Å²) in [6.45, 7) is -2.30. The number of hydrogen-bond acceptors (Lipinski definition) is 4. The summed E-state index contributed by atoms with van der Waals surface area (Å²) in [7, 11) is 0. The molecule has 8 heteroatoms. The fourth-order valence-corrected chi connectivity index (χ4v) is 2.33. The summed E-state index contributed by atoms with van der Waals surface area (Å²) in [6, 6.07) is 5.83. The van der Waals surface area contributed by atoms with E-state index in [-0.39, 0.29) is 24.1 Å². The lowest BCUT2D eigenvalue weighted by molar-refractivity contribution is -0.135. The van der Waals surface area contributed by atoms with Crippen molar-refractivity contribution in [1.29, 1.82) is 0 Å². The highest BCUT2D eigenvalue weighted by molar-refractivity contribution is 5.86.